The van der Waals surface area contributed by atoms with Gasteiger partial charge >= 0.3 is 0 Å². The van der Waals surface area contributed by atoms with Crippen molar-refractivity contribution in [1.29, 1.82) is 0 Å². The first-order chi connectivity index (χ1) is 13.8. The van der Waals surface area contributed by atoms with Crippen molar-refractivity contribution in [2.75, 3.05) is 13.7 Å². The van der Waals surface area contributed by atoms with Gasteiger partial charge in [-0.25, -0.2) is 0 Å². The lowest BCUT2D eigenvalue weighted by Gasteiger charge is -2.30. The molecule has 2 aromatic rings. The fourth-order valence-corrected chi connectivity index (χ4v) is 3.30. The van der Waals surface area contributed by atoms with E-state index < -0.39 is 6.04 Å². The van der Waals surface area contributed by atoms with Crippen molar-refractivity contribution >= 4 is 11.8 Å². The van der Waals surface area contributed by atoms with Crippen molar-refractivity contribution in [2.45, 2.75) is 52.1 Å². The summed E-state index contributed by atoms with van der Waals surface area (Å²) in [7, 11) is 1.59. The molecule has 1 atom stereocenters. The van der Waals surface area contributed by atoms with E-state index in [4.69, 9.17) is 4.74 Å². The first kappa shape index (κ1) is 22.5. The number of carbonyl (C=O) groups excluding carboxylic acids is 2. The summed E-state index contributed by atoms with van der Waals surface area (Å²) in [6.45, 7) is 8.47. The molecule has 0 fully saturated rings. The zero-order valence-corrected chi connectivity index (χ0v) is 18.1. The standard InChI is InChI=1S/C24H32N2O3/c1-6-20(23(28)25-5)26(16-18-12-8-7-9-13-18)22(27)17-29-21-15-11-10-14-19(21)24(2,3)4/h7-15,20H,6,16-17H2,1-5H3,(H,25,28)/t20-/m1/s1. The van der Waals surface area contributed by atoms with E-state index >= 15 is 0 Å². The number of rotatable bonds is 8. The number of para-hydroxylation sites is 1. The first-order valence-corrected chi connectivity index (χ1v) is 10.0. The van der Waals surface area contributed by atoms with E-state index in [1.165, 1.54) is 0 Å². The van der Waals surface area contributed by atoms with E-state index in [9.17, 15) is 9.59 Å². The summed E-state index contributed by atoms with van der Waals surface area (Å²) < 4.78 is 5.93. The highest BCUT2D eigenvalue weighted by Crippen LogP contribution is 2.31. The van der Waals surface area contributed by atoms with Crippen LogP contribution in [0.2, 0.25) is 0 Å². The smallest absolute Gasteiger partial charge is 0.261 e. The molecule has 0 unspecified atom stereocenters. The van der Waals surface area contributed by atoms with Crippen LogP contribution in [0, 0.1) is 0 Å². The van der Waals surface area contributed by atoms with Crippen LogP contribution in [0.15, 0.2) is 54.6 Å². The Labute approximate surface area is 174 Å². The first-order valence-electron chi connectivity index (χ1n) is 10.0. The maximum Gasteiger partial charge on any atom is 0.261 e. The van der Waals surface area contributed by atoms with Gasteiger partial charge in [-0.05, 0) is 29.0 Å². The zero-order valence-electron chi connectivity index (χ0n) is 18.1. The Hall–Kier alpha value is -2.82. The van der Waals surface area contributed by atoms with Crippen molar-refractivity contribution in [2.24, 2.45) is 0 Å². The molecule has 0 aliphatic rings. The lowest BCUT2D eigenvalue weighted by atomic mass is 9.86. The second-order valence-electron chi connectivity index (χ2n) is 8.08. The third kappa shape index (κ3) is 6.08. The van der Waals surface area contributed by atoms with E-state index in [0.29, 0.717) is 18.7 Å². The molecule has 0 bridgehead atoms. The van der Waals surface area contributed by atoms with E-state index in [-0.39, 0.29) is 23.8 Å². The fourth-order valence-electron chi connectivity index (χ4n) is 3.30. The monoisotopic (exact) mass is 396 g/mol. The molecular formula is C24H32N2O3. The van der Waals surface area contributed by atoms with Gasteiger partial charge in [-0.15, -0.1) is 0 Å². The predicted octanol–water partition coefficient (Wildman–Crippen LogP) is 3.92. The van der Waals surface area contributed by atoms with Crippen LogP contribution in [0.5, 0.6) is 5.75 Å². The normalized spacial score (nSPS) is 12.2. The SMILES string of the molecule is CC[C@H](C(=O)NC)N(Cc1ccccc1)C(=O)COc1ccccc1C(C)(C)C. The number of likely N-dealkylation sites (N-methyl/N-ethyl adjacent to an activating group) is 1. The molecule has 2 amide bonds. The van der Waals surface area contributed by atoms with Crippen molar-refractivity contribution in [3.05, 3.63) is 65.7 Å². The van der Waals surface area contributed by atoms with Gasteiger partial charge < -0.3 is 15.0 Å². The second kappa shape index (κ2) is 10.1. The molecule has 0 heterocycles. The Morgan fingerprint density at radius 1 is 1.03 bits per heavy atom. The van der Waals surface area contributed by atoms with Crippen molar-refractivity contribution in [1.82, 2.24) is 10.2 Å². The highest BCUT2D eigenvalue weighted by Gasteiger charge is 2.28. The third-order valence-corrected chi connectivity index (χ3v) is 4.87. The minimum Gasteiger partial charge on any atom is -0.483 e. The molecule has 0 spiro atoms. The topological polar surface area (TPSA) is 58.6 Å². The van der Waals surface area contributed by atoms with Gasteiger partial charge in [-0.2, -0.15) is 0 Å². The Kier molecular flexibility index (Phi) is 7.82. The summed E-state index contributed by atoms with van der Waals surface area (Å²) in [5, 5.41) is 2.67. The summed E-state index contributed by atoms with van der Waals surface area (Å²) in [4.78, 5) is 27.1. The van der Waals surface area contributed by atoms with Gasteiger partial charge in [-0.3, -0.25) is 9.59 Å². The van der Waals surface area contributed by atoms with Gasteiger partial charge in [0, 0.05) is 13.6 Å². The van der Waals surface area contributed by atoms with E-state index in [0.717, 1.165) is 11.1 Å². The molecule has 5 nitrogen and oxygen atoms in total. The number of hydrogen-bond acceptors (Lipinski definition) is 3. The predicted molar refractivity (Wildman–Crippen MR) is 116 cm³/mol. The molecule has 0 saturated heterocycles. The lowest BCUT2D eigenvalue weighted by Crippen LogP contribution is -2.49. The van der Waals surface area contributed by atoms with Gasteiger partial charge in [0.05, 0.1) is 0 Å². The molecule has 1 N–H and O–H groups in total. The third-order valence-electron chi connectivity index (χ3n) is 4.87. The molecule has 0 aliphatic carbocycles. The van der Waals surface area contributed by atoms with Gasteiger partial charge in [0.1, 0.15) is 11.8 Å². The molecule has 0 aliphatic heterocycles. The number of nitrogens with zero attached hydrogens (tertiary/aromatic N) is 1. The van der Waals surface area contributed by atoms with E-state index in [2.05, 4.69) is 26.1 Å². The molecule has 0 radical (unpaired) electrons. The summed E-state index contributed by atoms with van der Waals surface area (Å²) >= 11 is 0. The Balaban J connectivity index is 2.22. The second-order valence-corrected chi connectivity index (χ2v) is 8.08. The van der Waals surface area contributed by atoms with Crippen LogP contribution in [-0.4, -0.2) is 36.4 Å². The van der Waals surface area contributed by atoms with Crippen LogP contribution in [0.25, 0.3) is 0 Å². The number of amides is 2. The van der Waals surface area contributed by atoms with Crippen LogP contribution in [0.1, 0.15) is 45.2 Å². The lowest BCUT2D eigenvalue weighted by molar-refractivity contribution is -0.142. The molecular weight excluding hydrogens is 364 g/mol. The Morgan fingerprint density at radius 2 is 1.66 bits per heavy atom. The molecule has 29 heavy (non-hydrogen) atoms. The Morgan fingerprint density at radius 3 is 2.24 bits per heavy atom. The molecule has 2 rings (SSSR count). The highest BCUT2D eigenvalue weighted by molar-refractivity contribution is 5.88. The van der Waals surface area contributed by atoms with Crippen LogP contribution in [-0.2, 0) is 21.5 Å². The molecule has 0 aromatic heterocycles. The number of benzene rings is 2. The highest BCUT2D eigenvalue weighted by atomic mass is 16.5. The van der Waals surface area contributed by atoms with Crippen LogP contribution in [0.3, 0.4) is 0 Å². The minimum absolute atomic E-state index is 0.0998. The number of carbonyl (C=O) groups is 2. The minimum atomic E-state index is -0.547. The largest absolute Gasteiger partial charge is 0.483 e. The van der Waals surface area contributed by atoms with Gasteiger partial charge in [0.15, 0.2) is 6.61 Å². The summed E-state index contributed by atoms with van der Waals surface area (Å²) in [6, 6.07) is 16.9. The number of ether oxygens (including phenoxy) is 1. The average molecular weight is 397 g/mol. The van der Waals surface area contributed by atoms with E-state index in [1.807, 2.05) is 61.5 Å². The maximum absolute atomic E-state index is 13.1. The molecule has 5 heteroatoms. The summed E-state index contributed by atoms with van der Waals surface area (Å²) in [6.07, 6.45) is 0.525. The fraction of sp³-hybridized carbons (Fsp3) is 0.417. The molecule has 2 aromatic carbocycles. The summed E-state index contributed by atoms with van der Waals surface area (Å²) in [5.41, 5.74) is 1.91. The zero-order chi connectivity index (χ0) is 21.4. The van der Waals surface area contributed by atoms with Gasteiger partial charge in [-0.1, -0.05) is 76.2 Å². The van der Waals surface area contributed by atoms with Crippen molar-refractivity contribution in [3.63, 3.8) is 0 Å². The van der Waals surface area contributed by atoms with Crippen molar-refractivity contribution < 1.29 is 14.3 Å². The van der Waals surface area contributed by atoms with Crippen LogP contribution >= 0.6 is 0 Å². The van der Waals surface area contributed by atoms with Crippen LogP contribution in [0.4, 0.5) is 0 Å². The molecule has 0 saturated carbocycles. The van der Waals surface area contributed by atoms with Crippen molar-refractivity contribution in [3.8, 4) is 5.75 Å². The number of hydrogen-bond donors (Lipinski definition) is 1. The number of nitrogens with one attached hydrogen (secondary N) is 1. The Bertz CT molecular complexity index is 812. The van der Waals surface area contributed by atoms with Gasteiger partial charge in [0.2, 0.25) is 5.91 Å². The average Bonchev–Trinajstić information content (AvgIpc) is 2.71. The molecule has 156 valence electrons. The van der Waals surface area contributed by atoms with Gasteiger partial charge in [0.25, 0.3) is 5.91 Å². The van der Waals surface area contributed by atoms with Crippen LogP contribution < -0.4 is 10.1 Å². The quantitative estimate of drug-likeness (QED) is 0.736. The maximum atomic E-state index is 13.1. The van der Waals surface area contributed by atoms with E-state index in [1.54, 1.807) is 11.9 Å². The summed E-state index contributed by atoms with van der Waals surface area (Å²) in [5.74, 6) is 0.306.